The number of hydrogen-bond donors (Lipinski definition) is 1. The lowest BCUT2D eigenvalue weighted by molar-refractivity contribution is -0.00864. The van der Waals surface area contributed by atoms with E-state index in [2.05, 4.69) is 48.0 Å². The van der Waals surface area contributed by atoms with Crippen molar-refractivity contribution >= 4 is 0 Å². The second kappa shape index (κ2) is 5.84. The van der Waals surface area contributed by atoms with Crippen molar-refractivity contribution in [2.45, 2.75) is 44.4 Å². The molecule has 1 fully saturated rings. The molecule has 3 nitrogen and oxygen atoms in total. The minimum absolute atomic E-state index is 0.280. The van der Waals surface area contributed by atoms with E-state index >= 15 is 0 Å². The molecule has 0 radical (unpaired) electrons. The molecule has 3 atom stereocenters. The lowest BCUT2D eigenvalue weighted by atomic mass is 9.96. The van der Waals surface area contributed by atoms with E-state index in [1.54, 1.807) is 0 Å². The Hall–Kier alpha value is -0.900. The van der Waals surface area contributed by atoms with E-state index in [0.29, 0.717) is 6.04 Å². The van der Waals surface area contributed by atoms with Crippen LogP contribution in [0.1, 0.15) is 37.0 Å². The minimum atomic E-state index is -0.334. The van der Waals surface area contributed by atoms with Crippen LogP contribution in [-0.4, -0.2) is 53.7 Å². The smallest absolute Gasteiger partial charge is 0.0947 e. The topological polar surface area (TPSA) is 26.7 Å². The molecule has 2 aliphatic rings. The molecule has 1 heterocycles. The Morgan fingerprint density at radius 2 is 2.00 bits per heavy atom. The molecule has 1 aliphatic carbocycles. The van der Waals surface area contributed by atoms with E-state index in [-0.39, 0.29) is 12.1 Å². The van der Waals surface area contributed by atoms with Crippen LogP contribution in [0.2, 0.25) is 0 Å². The van der Waals surface area contributed by atoms with Crippen LogP contribution in [-0.2, 0) is 6.42 Å². The molecule has 1 aliphatic heterocycles. The number of piperazine rings is 1. The van der Waals surface area contributed by atoms with Crippen LogP contribution < -0.4 is 0 Å². The fourth-order valence-corrected chi connectivity index (χ4v) is 3.91. The second-order valence-corrected chi connectivity index (χ2v) is 6.45. The highest BCUT2D eigenvalue weighted by molar-refractivity contribution is 5.31. The van der Waals surface area contributed by atoms with E-state index in [9.17, 15) is 5.11 Å². The van der Waals surface area contributed by atoms with Gasteiger partial charge in [0.15, 0.2) is 0 Å². The lowest BCUT2D eigenvalue weighted by Gasteiger charge is -2.44. The molecule has 0 bridgehead atoms. The first-order valence-electron chi connectivity index (χ1n) is 7.87. The summed E-state index contributed by atoms with van der Waals surface area (Å²) in [4.78, 5) is 4.92. The van der Waals surface area contributed by atoms with Gasteiger partial charge in [-0.2, -0.15) is 0 Å². The highest BCUT2D eigenvalue weighted by atomic mass is 16.3. The third-order valence-electron chi connectivity index (χ3n) is 4.99. The van der Waals surface area contributed by atoms with Gasteiger partial charge >= 0.3 is 0 Å². The van der Waals surface area contributed by atoms with Crippen molar-refractivity contribution in [1.82, 2.24) is 9.80 Å². The highest BCUT2D eigenvalue weighted by Gasteiger charge is 2.34. The average Bonchev–Trinajstić information content (AvgIpc) is 2.59. The molecule has 1 N–H and O–H groups in total. The largest absolute Gasteiger partial charge is 0.387 e. The van der Waals surface area contributed by atoms with Gasteiger partial charge in [-0.3, -0.25) is 4.90 Å². The number of hydrogen-bond acceptors (Lipinski definition) is 3. The number of fused-ring (bicyclic) bond motifs is 1. The fourth-order valence-electron chi connectivity index (χ4n) is 3.91. The van der Waals surface area contributed by atoms with Crippen molar-refractivity contribution in [2.75, 3.05) is 26.7 Å². The minimum Gasteiger partial charge on any atom is -0.387 e. The molecular formula is C17H26N2O. The Morgan fingerprint density at radius 1 is 1.20 bits per heavy atom. The normalized spacial score (nSPS) is 32.6. The molecule has 0 amide bonds. The van der Waals surface area contributed by atoms with E-state index in [0.717, 1.165) is 38.0 Å². The van der Waals surface area contributed by atoms with Crippen molar-refractivity contribution in [3.63, 3.8) is 0 Å². The van der Waals surface area contributed by atoms with Crippen LogP contribution in [0.25, 0.3) is 0 Å². The number of nitrogens with zero attached hydrogens (tertiary/aromatic N) is 2. The summed E-state index contributed by atoms with van der Waals surface area (Å²) in [6.07, 6.45) is 3.05. The first-order chi connectivity index (χ1) is 9.66. The molecule has 3 unspecified atom stereocenters. The predicted molar refractivity (Wildman–Crippen MR) is 81.8 cm³/mol. The first kappa shape index (κ1) is 14.1. The van der Waals surface area contributed by atoms with Gasteiger partial charge < -0.3 is 10.0 Å². The maximum absolute atomic E-state index is 10.9. The molecule has 1 aromatic carbocycles. The molecular weight excluding hydrogens is 248 g/mol. The third kappa shape index (κ3) is 2.62. The van der Waals surface area contributed by atoms with E-state index < -0.39 is 0 Å². The van der Waals surface area contributed by atoms with E-state index in [1.807, 2.05) is 0 Å². The molecule has 1 saturated heterocycles. The zero-order valence-electron chi connectivity index (χ0n) is 12.6. The zero-order chi connectivity index (χ0) is 14.1. The van der Waals surface area contributed by atoms with Crippen LogP contribution in [0.3, 0.4) is 0 Å². The van der Waals surface area contributed by atoms with Crippen LogP contribution in [0.15, 0.2) is 24.3 Å². The van der Waals surface area contributed by atoms with Crippen molar-refractivity contribution in [1.29, 1.82) is 0 Å². The van der Waals surface area contributed by atoms with Crippen LogP contribution in [0.5, 0.6) is 0 Å². The van der Waals surface area contributed by atoms with Gasteiger partial charge in [0.2, 0.25) is 0 Å². The quantitative estimate of drug-likeness (QED) is 0.794. The SMILES string of the molecule is CC1CN(C)CCN1C1CCCc2ccccc2C1O. The van der Waals surface area contributed by atoms with E-state index in [1.165, 1.54) is 12.0 Å². The van der Waals surface area contributed by atoms with Gasteiger partial charge in [-0.25, -0.2) is 0 Å². The Morgan fingerprint density at radius 3 is 2.80 bits per heavy atom. The highest BCUT2D eigenvalue weighted by Crippen LogP contribution is 2.33. The summed E-state index contributed by atoms with van der Waals surface area (Å²) in [6, 6.07) is 9.23. The number of benzene rings is 1. The van der Waals surface area contributed by atoms with Crippen molar-refractivity contribution in [2.24, 2.45) is 0 Å². The second-order valence-electron chi connectivity index (χ2n) is 6.45. The van der Waals surface area contributed by atoms with E-state index in [4.69, 9.17) is 0 Å². The number of aryl methyl sites for hydroxylation is 1. The standard InChI is InChI=1S/C17H26N2O/c1-13-12-18(2)10-11-19(13)16-9-5-7-14-6-3-4-8-15(14)17(16)20/h3-4,6,8,13,16-17,20H,5,7,9-12H2,1-2H3. The molecule has 1 aromatic rings. The fraction of sp³-hybridized carbons (Fsp3) is 0.647. The molecule has 3 rings (SSSR count). The summed E-state index contributed by atoms with van der Waals surface area (Å²) < 4.78 is 0. The summed E-state index contributed by atoms with van der Waals surface area (Å²) in [5.74, 6) is 0. The summed E-state index contributed by atoms with van der Waals surface area (Å²) in [6.45, 7) is 5.57. The van der Waals surface area contributed by atoms with Gasteiger partial charge in [0.05, 0.1) is 6.10 Å². The van der Waals surface area contributed by atoms with Gasteiger partial charge in [-0.1, -0.05) is 24.3 Å². The van der Waals surface area contributed by atoms with Gasteiger partial charge in [0.25, 0.3) is 0 Å². The van der Waals surface area contributed by atoms with Gasteiger partial charge in [-0.15, -0.1) is 0 Å². The van der Waals surface area contributed by atoms with Gasteiger partial charge in [0.1, 0.15) is 0 Å². The molecule has 110 valence electrons. The van der Waals surface area contributed by atoms with Gasteiger partial charge in [0, 0.05) is 31.7 Å². The number of aliphatic hydroxyl groups is 1. The Kier molecular flexibility index (Phi) is 4.11. The molecule has 20 heavy (non-hydrogen) atoms. The molecule has 0 aromatic heterocycles. The Balaban J connectivity index is 1.83. The van der Waals surface area contributed by atoms with Gasteiger partial charge in [-0.05, 0) is 44.4 Å². The van der Waals surface area contributed by atoms with Crippen molar-refractivity contribution in [3.05, 3.63) is 35.4 Å². The predicted octanol–water partition coefficient (Wildman–Crippen LogP) is 2.06. The van der Waals surface area contributed by atoms with Crippen LogP contribution in [0.4, 0.5) is 0 Å². The maximum Gasteiger partial charge on any atom is 0.0947 e. The van der Waals surface area contributed by atoms with Crippen LogP contribution in [0, 0.1) is 0 Å². The zero-order valence-corrected chi connectivity index (χ0v) is 12.6. The molecule has 0 spiro atoms. The third-order valence-corrected chi connectivity index (χ3v) is 4.99. The molecule has 0 saturated carbocycles. The molecule has 3 heteroatoms. The summed E-state index contributed by atoms with van der Waals surface area (Å²) >= 11 is 0. The first-order valence-corrected chi connectivity index (χ1v) is 7.87. The van der Waals surface area contributed by atoms with Crippen LogP contribution >= 0.6 is 0 Å². The monoisotopic (exact) mass is 274 g/mol. The number of rotatable bonds is 1. The maximum atomic E-state index is 10.9. The number of aliphatic hydroxyl groups excluding tert-OH is 1. The average molecular weight is 274 g/mol. The lowest BCUT2D eigenvalue weighted by Crippen LogP contribution is -2.55. The van der Waals surface area contributed by atoms with Crippen molar-refractivity contribution in [3.8, 4) is 0 Å². The Bertz CT molecular complexity index is 462. The summed E-state index contributed by atoms with van der Waals surface area (Å²) in [5, 5.41) is 10.9. The Labute approximate surface area is 122 Å². The van der Waals surface area contributed by atoms with Crippen molar-refractivity contribution < 1.29 is 5.11 Å². The summed E-state index contributed by atoms with van der Waals surface area (Å²) in [5.41, 5.74) is 2.49. The number of likely N-dealkylation sites (N-methyl/N-ethyl adjacent to an activating group) is 1. The summed E-state index contributed by atoms with van der Waals surface area (Å²) in [7, 11) is 2.19.